The fraction of sp³-hybridized carbons (Fsp3) is 0.667. The second-order valence-corrected chi connectivity index (χ2v) is 5.97. The Balaban J connectivity index is 2.34. The van der Waals surface area contributed by atoms with Gasteiger partial charge >= 0.3 is 0 Å². The van der Waals surface area contributed by atoms with E-state index in [0.29, 0.717) is 23.8 Å². The summed E-state index contributed by atoms with van der Waals surface area (Å²) < 4.78 is 0.917. The van der Waals surface area contributed by atoms with E-state index in [1.807, 2.05) is 0 Å². The maximum absolute atomic E-state index is 5.68. The molecule has 0 radical (unpaired) electrons. The first-order valence-electron chi connectivity index (χ1n) is 6.03. The standard InChI is InChI=1S/C12H19BrN4/c1-7-4-8(2)9(3)17(6-7)11-10(13)5-15-12(14)16-11/h5,7-9H,4,6H2,1-3H3,(H2,14,15,16). The Kier molecular flexibility index (Phi) is 3.56. The van der Waals surface area contributed by atoms with Gasteiger partial charge in [-0.1, -0.05) is 13.8 Å². The SMILES string of the molecule is CC1CC(C)C(C)N(c2nc(N)ncc2Br)C1. The normalized spacial score (nSPS) is 29.4. The first kappa shape index (κ1) is 12.6. The predicted molar refractivity (Wildman–Crippen MR) is 73.9 cm³/mol. The number of hydrogen-bond acceptors (Lipinski definition) is 4. The summed E-state index contributed by atoms with van der Waals surface area (Å²) in [6, 6.07) is 0.483. The molecule has 1 fully saturated rings. The molecule has 0 amide bonds. The van der Waals surface area contributed by atoms with Gasteiger partial charge in [-0.2, -0.15) is 4.98 Å². The lowest BCUT2D eigenvalue weighted by atomic mass is 9.86. The van der Waals surface area contributed by atoms with E-state index in [0.717, 1.165) is 16.8 Å². The molecule has 2 N–H and O–H groups in total. The number of anilines is 2. The molecule has 1 aliphatic rings. The van der Waals surface area contributed by atoms with Crippen LogP contribution in [0.15, 0.2) is 10.7 Å². The zero-order valence-corrected chi connectivity index (χ0v) is 12.1. The van der Waals surface area contributed by atoms with Crippen LogP contribution in [0.25, 0.3) is 0 Å². The van der Waals surface area contributed by atoms with E-state index < -0.39 is 0 Å². The zero-order valence-electron chi connectivity index (χ0n) is 10.5. The van der Waals surface area contributed by atoms with Gasteiger partial charge in [0, 0.05) is 18.8 Å². The fourth-order valence-electron chi connectivity index (χ4n) is 2.57. The van der Waals surface area contributed by atoms with Crippen molar-refractivity contribution in [3.8, 4) is 0 Å². The summed E-state index contributed by atoms with van der Waals surface area (Å²) in [4.78, 5) is 10.7. The summed E-state index contributed by atoms with van der Waals surface area (Å²) in [6.45, 7) is 7.86. The molecule has 2 heterocycles. The van der Waals surface area contributed by atoms with E-state index in [1.54, 1.807) is 6.20 Å². The molecule has 17 heavy (non-hydrogen) atoms. The number of nitrogen functional groups attached to an aromatic ring is 1. The van der Waals surface area contributed by atoms with Crippen LogP contribution >= 0.6 is 15.9 Å². The fourth-order valence-corrected chi connectivity index (χ4v) is 2.99. The molecule has 3 unspecified atom stereocenters. The highest BCUT2D eigenvalue weighted by Crippen LogP contribution is 2.33. The lowest BCUT2D eigenvalue weighted by Gasteiger charge is -2.42. The van der Waals surface area contributed by atoms with E-state index in [9.17, 15) is 0 Å². The van der Waals surface area contributed by atoms with E-state index in [1.165, 1.54) is 6.42 Å². The van der Waals surface area contributed by atoms with Crippen molar-refractivity contribution in [2.24, 2.45) is 11.8 Å². The third-order valence-electron chi connectivity index (χ3n) is 3.61. The van der Waals surface area contributed by atoms with Crippen molar-refractivity contribution >= 4 is 27.7 Å². The molecule has 3 atom stereocenters. The highest BCUT2D eigenvalue weighted by Gasteiger charge is 2.30. The lowest BCUT2D eigenvalue weighted by molar-refractivity contribution is 0.295. The van der Waals surface area contributed by atoms with Gasteiger partial charge in [0.1, 0.15) is 5.82 Å². The molecule has 5 heteroatoms. The molecular weight excluding hydrogens is 280 g/mol. The summed E-state index contributed by atoms with van der Waals surface area (Å²) >= 11 is 3.51. The second kappa shape index (κ2) is 4.80. The number of nitrogens with zero attached hydrogens (tertiary/aromatic N) is 3. The van der Waals surface area contributed by atoms with Crippen LogP contribution in [0.1, 0.15) is 27.2 Å². The first-order chi connectivity index (χ1) is 7.99. The molecule has 2 rings (SSSR count). The minimum Gasteiger partial charge on any atom is -0.368 e. The van der Waals surface area contributed by atoms with E-state index in [2.05, 4.69) is 51.6 Å². The van der Waals surface area contributed by atoms with Crippen LogP contribution in [0.5, 0.6) is 0 Å². The van der Waals surface area contributed by atoms with E-state index >= 15 is 0 Å². The lowest BCUT2D eigenvalue weighted by Crippen LogP contribution is -2.46. The van der Waals surface area contributed by atoms with Crippen molar-refractivity contribution in [3.05, 3.63) is 10.7 Å². The summed E-state index contributed by atoms with van der Waals surface area (Å²) in [5.41, 5.74) is 5.68. The molecular formula is C12H19BrN4. The number of halogens is 1. The Morgan fingerprint density at radius 2 is 2.12 bits per heavy atom. The molecule has 0 bridgehead atoms. The van der Waals surface area contributed by atoms with Crippen molar-refractivity contribution in [1.82, 2.24) is 9.97 Å². The maximum atomic E-state index is 5.68. The Morgan fingerprint density at radius 1 is 1.41 bits per heavy atom. The number of rotatable bonds is 1. The molecule has 1 aromatic rings. The Bertz CT molecular complexity index is 409. The molecule has 1 aromatic heterocycles. The maximum Gasteiger partial charge on any atom is 0.222 e. The largest absolute Gasteiger partial charge is 0.368 e. The third kappa shape index (κ3) is 2.54. The van der Waals surface area contributed by atoms with Crippen molar-refractivity contribution in [3.63, 3.8) is 0 Å². The minimum atomic E-state index is 0.335. The van der Waals surface area contributed by atoms with Gasteiger partial charge in [0.05, 0.1) is 4.47 Å². The second-order valence-electron chi connectivity index (χ2n) is 5.11. The predicted octanol–water partition coefficient (Wildman–Crippen LogP) is 2.69. The minimum absolute atomic E-state index is 0.335. The van der Waals surface area contributed by atoms with Crippen LogP contribution in [-0.2, 0) is 0 Å². The summed E-state index contributed by atoms with van der Waals surface area (Å²) in [7, 11) is 0. The topological polar surface area (TPSA) is 55.0 Å². The van der Waals surface area contributed by atoms with Crippen LogP contribution in [0.2, 0.25) is 0 Å². The number of hydrogen-bond donors (Lipinski definition) is 1. The van der Waals surface area contributed by atoms with Crippen LogP contribution < -0.4 is 10.6 Å². The van der Waals surface area contributed by atoms with Crippen LogP contribution in [0, 0.1) is 11.8 Å². The zero-order chi connectivity index (χ0) is 12.6. The van der Waals surface area contributed by atoms with E-state index in [-0.39, 0.29) is 0 Å². The average molecular weight is 299 g/mol. The van der Waals surface area contributed by atoms with Gasteiger partial charge in [-0.25, -0.2) is 4.98 Å². The Morgan fingerprint density at radius 3 is 2.82 bits per heavy atom. The highest BCUT2D eigenvalue weighted by molar-refractivity contribution is 9.10. The third-order valence-corrected chi connectivity index (χ3v) is 4.17. The average Bonchev–Trinajstić information content (AvgIpc) is 2.27. The highest BCUT2D eigenvalue weighted by atomic mass is 79.9. The Labute approximate surface area is 111 Å². The molecule has 1 saturated heterocycles. The molecule has 0 aromatic carbocycles. The van der Waals surface area contributed by atoms with Gasteiger partial charge in [0.15, 0.2) is 0 Å². The van der Waals surface area contributed by atoms with Crippen LogP contribution in [-0.4, -0.2) is 22.6 Å². The van der Waals surface area contributed by atoms with E-state index in [4.69, 9.17) is 5.73 Å². The molecule has 4 nitrogen and oxygen atoms in total. The van der Waals surface area contributed by atoms with Crippen molar-refractivity contribution < 1.29 is 0 Å². The molecule has 0 spiro atoms. The summed E-state index contributed by atoms with van der Waals surface area (Å²) in [5, 5.41) is 0. The van der Waals surface area contributed by atoms with Crippen molar-refractivity contribution in [1.29, 1.82) is 0 Å². The van der Waals surface area contributed by atoms with Gasteiger partial charge < -0.3 is 10.6 Å². The van der Waals surface area contributed by atoms with Crippen molar-refractivity contribution in [2.75, 3.05) is 17.2 Å². The smallest absolute Gasteiger partial charge is 0.222 e. The first-order valence-corrected chi connectivity index (χ1v) is 6.83. The number of piperidine rings is 1. The summed E-state index contributed by atoms with van der Waals surface area (Å²) in [5.74, 6) is 2.61. The van der Waals surface area contributed by atoms with Gasteiger partial charge in [0.25, 0.3) is 0 Å². The Hall–Kier alpha value is -0.840. The number of nitrogens with two attached hydrogens (primary N) is 1. The number of aromatic nitrogens is 2. The van der Waals surface area contributed by atoms with Crippen LogP contribution in [0.3, 0.4) is 0 Å². The van der Waals surface area contributed by atoms with Gasteiger partial charge in [-0.05, 0) is 41.1 Å². The molecule has 1 aliphatic heterocycles. The van der Waals surface area contributed by atoms with Gasteiger partial charge in [0.2, 0.25) is 5.95 Å². The molecule has 0 saturated carbocycles. The van der Waals surface area contributed by atoms with Gasteiger partial charge in [-0.3, -0.25) is 0 Å². The molecule has 0 aliphatic carbocycles. The monoisotopic (exact) mass is 298 g/mol. The van der Waals surface area contributed by atoms with Crippen LogP contribution in [0.4, 0.5) is 11.8 Å². The molecule has 94 valence electrons. The van der Waals surface area contributed by atoms with Gasteiger partial charge in [-0.15, -0.1) is 0 Å². The van der Waals surface area contributed by atoms with Crippen molar-refractivity contribution in [2.45, 2.75) is 33.2 Å². The summed E-state index contributed by atoms with van der Waals surface area (Å²) in [6.07, 6.45) is 3.00. The quantitative estimate of drug-likeness (QED) is 0.866.